The average Bonchev–Trinajstić information content (AvgIpc) is 2.48. The number of nitrogens with zero attached hydrogens (tertiary/aromatic N) is 2. The van der Waals surface area contributed by atoms with E-state index in [1.807, 2.05) is 48.8 Å². The molecule has 0 saturated heterocycles. The molecule has 0 saturated carbocycles. The van der Waals surface area contributed by atoms with Crippen LogP contribution in [0.1, 0.15) is 23.6 Å². The molecule has 104 valence electrons. The van der Waals surface area contributed by atoms with Gasteiger partial charge in [0.2, 0.25) is 0 Å². The molecule has 0 aliphatic heterocycles. The maximum absolute atomic E-state index is 7.39. The molecule has 0 spiro atoms. The molecule has 2 rings (SSSR count). The Hall–Kier alpha value is -2.20. The number of pyridine rings is 1. The third-order valence-electron chi connectivity index (χ3n) is 3.27. The summed E-state index contributed by atoms with van der Waals surface area (Å²) in [5.74, 6) is 0.112. The first-order valence-corrected chi connectivity index (χ1v) is 6.73. The van der Waals surface area contributed by atoms with Crippen molar-refractivity contribution in [3.05, 3.63) is 65.5 Å². The lowest BCUT2D eigenvalue weighted by atomic mass is 10.1. The zero-order valence-electron chi connectivity index (χ0n) is 11.7. The second kappa shape index (κ2) is 6.82. The van der Waals surface area contributed by atoms with Crippen LogP contribution in [0.25, 0.3) is 0 Å². The monoisotopic (exact) mass is 268 g/mol. The molecule has 1 aromatic heterocycles. The number of amidine groups is 1. The van der Waals surface area contributed by atoms with Gasteiger partial charge in [0.15, 0.2) is 0 Å². The minimum Gasteiger partial charge on any atom is -0.384 e. The quantitative estimate of drug-likeness (QED) is 0.624. The number of nitrogens with one attached hydrogen (secondary N) is 1. The Balaban J connectivity index is 2.01. The van der Waals surface area contributed by atoms with Crippen LogP contribution in [0, 0.1) is 5.41 Å². The Labute approximate surface area is 119 Å². The van der Waals surface area contributed by atoms with Crippen LogP contribution in [-0.2, 0) is 13.1 Å². The van der Waals surface area contributed by atoms with E-state index >= 15 is 0 Å². The lowest BCUT2D eigenvalue weighted by Crippen LogP contribution is -2.22. The predicted molar refractivity (Wildman–Crippen MR) is 81.5 cm³/mol. The average molecular weight is 268 g/mol. The molecule has 2 aromatic rings. The number of aromatic nitrogens is 1. The lowest BCUT2D eigenvalue weighted by Gasteiger charge is -2.20. The molecule has 20 heavy (non-hydrogen) atoms. The highest BCUT2D eigenvalue weighted by Crippen LogP contribution is 2.10. The fourth-order valence-corrected chi connectivity index (χ4v) is 2.07. The number of rotatable bonds is 6. The molecule has 0 amide bonds. The van der Waals surface area contributed by atoms with Gasteiger partial charge in [-0.05, 0) is 29.8 Å². The van der Waals surface area contributed by atoms with Gasteiger partial charge in [-0.2, -0.15) is 0 Å². The van der Waals surface area contributed by atoms with Crippen LogP contribution >= 0.6 is 0 Å². The molecule has 0 aliphatic rings. The SMILES string of the molecule is CCN(Cc1ccncc1)Cc1ccc(C(=N)N)cc1. The van der Waals surface area contributed by atoms with Crippen molar-refractivity contribution >= 4 is 5.84 Å². The van der Waals surface area contributed by atoms with Crippen LogP contribution in [0.2, 0.25) is 0 Å². The number of hydrogen-bond donors (Lipinski definition) is 2. The Bertz CT molecular complexity index is 548. The van der Waals surface area contributed by atoms with Crippen molar-refractivity contribution < 1.29 is 0 Å². The van der Waals surface area contributed by atoms with Gasteiger partial charge in [-0.25, -0.2) is 0 Å². The van der Waals surface area contributed by atoms with Crippen molar-refractivity contribution in [2.75, 3.05) is 6.54 Å². The van der Waals surface area contributed by atoms with Crippen molar-refractivity contribution in [1.82, 2.24) is 9.88 Å². The van der Waals surface area contributed by atoms with Crippen LogP contribution in [0.15, 0.2) is 48.8 Å². The first-order valence-electron chi connectivity index (χ1n) is 6.73. The van der Waals surface area contributed by atoms with E-state index in [0.717, 1.165) is 25.2 Å². The molecule has 4 heteroatoms. The summed E-state index contributed by atoms with van der Waals surface area (Å²) in [6, 6.07) is 12.0. The summed E-state index contributed by atoms with van der Waals surface area (Å²) < 4.78 is 0. The maximum Gasteiger partial charge on any atom is 0.122 e. The van der Waals surface area contributed by atoms with E-state index in [9.17, 15) is 0 Å². The summed E-state index contributed by atoms with van der Waals surface area (Å²) in [5, 5.41) is 7.39. The summed E-state index contributed by atoms with van der Waals surface area (Å²) in [5.41, 5.74) is 8.72. The molecule has 0 atom stereocenters. The molecular formula is C16H20N4. The van der Waals surface area contributed by atoms with Gasteiger partial charge in [-0.15, -0.1) is 0 Å². The standard InChI is InChI=1S/C16H20N4/c1-2-20(12-14-7-9-19-10-8-14)11-13-3-5-15(6-4-13)16(17)18/h3-10H,2,11-12H2,1H3,(H3,17,18). The fourth-order valence-electron chi connectivity index (χ4n) is 2.07. The van der Waals surface area contributed by atoms with Crippen LogP contribution in [0.3, 0.4) is 0 Å². The maximum atomic E-state index is 7.39. The van der Waals surface area contributed by atoms with E-state index in [1.165, 1.54) is 11.1 Å². The van der Waals surface area contributed by atoms with Gasteiger partial charge in [-0.1, -0.05) is 31.2 Å². The van der Waals surface area contributed by atoms with Crippen molar-refractivity contribution in [3.63, 3.8) is 0 Å². The van der Waals surface area contributed by atoms with Gasteiger partial charge >= 0.3 is 0 Å². The third kappa shape index (κ3) is 3.90. The fraction of sp³-hybridized carbons (Fsp3) is 0.250. The molecule has 0 fully saturated rings. The van der Waals surface area contributed by atoms with Crippen molar-refractivity contribution in [2.45, 2.75) is 20.0 Å². The number of benzene rings is 1. The van der Waals surface area contributed by atoms with E-state index in [1.54, 1.807) is 0 Å². The van der Waals surface area contributed by atoms with E-state index in [-0.39, 0.29) is 5.84 Å². The predicted octanol–water partition coefficient (Wildman–Crippen LogP) is 2.39. The highest BCUT2D eigenvalue weighted by molar-refractivity contribution is 5.94. The molecule has 0 aliphatic carbocycles. The Morgan fingerprint density at radius 2 is 1.60 bits per heavy atom. The van der Waals surface area contributed by atoms with Gasteiger partial charge in [0.1, 0.15) is 5.84 Å². The Kier molecular flexibility index (Phi) is 4.85. The van der Waals surface area contributed by atoms with Crippen LogP contribution in [0.4, 0.5) is 0 Å². The molecule has 0 radical (unpaired) electrons. The van der Waals surface area contributed by atoms with E-state index in [4.69, 9.17) is 11.1 Å². The van der Waals surface area contributed by atoms with Crippen LogP contribution in [0.5, 0.6) is 0 Å². The first kappa shape index (κ1) is 14.2. The third-order valence-corrected chi connectivity index (χ3v) is 3.27. The lowest BCUT2D eigenvalue weighted by molar-refractivity contribution is 0.271. The van der Waals surface area contributed by atoms with Gasteiger partial charge in [0.05, 0.1) is 0 Å². The van der Waals surface area contributed by atoms with Gasteiger partial charge in [0, 0.05) is 31.0 Å². The zero-order valence-corrected chi connectivity index (χ0v) is 11.7. The highest BCUT2D eigenvalue weighted by atomic mass is 15.1. The smallest absolute Gasteiger partial charge is 0.122 e. The van der Waals surface area contributed by atoms with Crippen molar-refractivity contribution in [2.24, 2.45) is 5.73 Å². The molecule has 0 bridgehead atoms. The number of nitrogens with two attached hydrogens (primary N) is 1. The summed E-state index contributed by atoms with van der Waals surface area (Å²) in [7, 11) is 0. The topological polar surface area (TPSA) is 66.0 Å². The number of hydrogen-bond acceptors (Lipinski definition) is 3. The van der Waals surface area contributed by atoms with Gasteiger partial charge in [-0.3, -0.25) is 15.3 Å². The molecular weight excluding hydrogens is 248 g/mol. The summed E-state index contributed by atoms with van der Waals surface area (Å²) in [6.07, 6.45) is 3.65. The van der Waals surface area contributed by atoms with Crippen LogP contribution < -0.4 is 5.73 Å². The molecule has 0 unspecified atom stereocenters. The van der Waals surface area contributed by atoms with Gasteiger partial charge < -0.3 is 5.73 Å². The zero-order chi connectivity index (χ0) is 14.4. The molecule has 4 nitrogen and oxygen atoms in total. The summed E-state index contributed by atoms with van der Waals surface area (Å²) in [6.45, 7) is 4.94. The first-order chi connectivity index (χ1) is 9.69. The van der Waals surface area contributed by atoms with Gasteiger partial charge in [0.25, 0.3) is 0 Å². The molecule has 1 heterocycles. The molecule has 1 aromatic carbocycles. The highest BCUT2D eigenvalue weighted by Gasteiger charge is 2.05. The second-order valence-corrected chi connectivity index (χ2v) is 4.77. The summed E-state index contributed by atoms with van der Waals surface area (Å²) >= 11 is 0. The minimum atomic E-state index is 0.112. The minimum absolute atomic E-state index is 0.112. The normalized spacial score (nSPS) is 10.7. The van der Waals surface area contributed by atoms with Crippen molar-refractivity contribution in [3.8, 4) is 0 Å². The molecule has 3 N–H and O–H groups in total. The van der Waals surface area contributed by atoms with E-state index in [0.29, 0.717) is 0 Å². The largest absolute Gasteiger partial charge is 0.384 e. The number of nitrogen functional groups attached to an aromatic ring is 1. The van der Waals surface area contributed by atoms with Crippen molar-refractivity contribution in [1.29, 1.82) is 5.41 Å². The van der Waals surface area contributed by atoms with Crippen LogP contribution in [-0.4, -0.2) is 22.3 Å². The summed E-state index contributed by atoms with van der Waals surface area (Å²) in [4.78, 5) is 6.40. The Morgan fingerprint density at radius 1 is 1.05 bits per heavy atom. The van der Waals surface area contributed by atoms with E-state index < -0.39 is 0 Å². The Morgan fingerprint density at radius 3 is 2.10 bits per heavy atom. The van der Waals surface area contributed by atoms with E-state index in [2.05, 4.69) is 16.8 Å². The second-order valence-electron chi connectivity index (χ2n) is 4.77.